The molecule has 30 heavy (non-hydrogen) atoms. The minimum atomic E-state index is -3.63. The number of sulfone groups is 1. The lowest BCUT2D eigenvalue weighted by Crippen LogP contribution is -2.45. The summed E-state index contributed by atoms with van der Waals surface area (Å²) in [7, 11) is -3.63. The largest absolute Gasteiger partial charge is 0.366 e. The quantitative estimate of drug-likeness (QED) is 0.718. The number of carbonyl (C=O) groups excluding carboxylic acids is 3. The summed E-state index contributed by atoms with van der Waals surface area (Å²) < 4.78 is 24.3. The van der Waals surface area contributed by atoms with Gasteiger partial charge < -0.3 is 16.0 Å². The topological polar surface area (TPSA) is 127 Å². The Bertz CT molecular complexity index is 1130. The second kappa shape index (κ2) is 8.49. The number of thioether (sulfide) groups is 1. The van der Waals surface area contributed by atoms with E-state index >= 15 is 0 Å². The van der Waals surface area contributed by atoms with Crippen LogP contribution in [0.3, 0.4) is 0 Å². The number of carbonyl (C=O) groups is 3. The predicted octanol–water partition coefficient (Wildman–Crippen LogP) is 1.65. The average molecular weight is 448 g/mol. The Morgan fingerprint density at radius 1 is 1.13 bits per heavy atom. The Kier molecular flexibility index (Phi) is 6.18. The fraction of sp³-hybridized carbons (Fsp3) is 0.250. The van der Waals surface area contributed by atoms with Crippen LogP contribution in [0.5, 0.6) is 0 Å². The first kappa shape index (κ1) is 21.8. The number of benzene rings is 2. The molecule has 10 heteroatoms. The molecule has 1 atom stereocenters. The number of rotatable bonds is 5. The second-order valence-electron chi connectivity index (χ2n) is 6.96. The van der Waals surface area contributed by atoms with Crippen molar-refractivity contribution in [1.82, 2.24) is 4.90 Å². The third kappa shape index (κ3) is 4.49. The fourth-order valence-electron chi connectivity index (χ4n) is 3.17. The molecule has 8 nitrogen and oxygen atoms in total. The van der Waals surface area contributed by atoms with Crippen molar-refractivity contribution >= 4 is 45.0 Å². The van der Waals surface area contributed by atoms with Crippen molar-refractivity contribution in [3.8, 4) is 0 Å². The van der Waals surface area contributed by atoms with E-state index in [9.17, 15) is 22.8 Å². The van der Waals surface area contributed by atoms with Gasteiger partial charge in [-0.25, -0.2) is 8.42 Å². The number of aryl methyl sites for hydroxylation is 1. The molecule has 0 radical (unpaired) electrons. The van der Waals surface area contributed by atoms with Gasteiger partial charge in [0.15, 0.2) is 9.84 Å². The summed E-state index contributed by atoms with van der Waals surface area (Å²) in [6, 6.07) is 10.0. The molecule has 158 valence electrons. The molecule has 3 N–H and O–H groups in total. The lowest BCUT2D eigenvalue weighted by Gasteiger charge is -2.24. The SMILES string of the molecule is Cc1ccc(S(C)(=O)=O)c(C(=O)N2CSCC2C(=O)Nc2ccccc2C(N)=O)c1. The van der Waals surface area contributed by atoms with Crippen molar-refractivity contribution in [1.29, 1.82) is 0 Å². The molecular formula is C20H21N3O5S2. The van der Waals surface area contributed by atoms with Crippen molar-refractivity contribution in [2.24, 2.45) is 5.73 Å². The van der Waals surface area contributed by atoms with E-state index in [0.717, 1.165) is 11.8 Å². The Labute approximate surface area is 178 Å². The van der Waals surface area contributed by atoms with Crippen molar-refractivity contribution in [3.63, 3.8) is 0 Å². The Morgan fingerprint density at radius 3 is 2.50 bits per heavy atom. The zero-order valence-electron chi connectivity index (χ0n) is 16.4. The van der Waals surface area contributed by atoms with Gasteiger partial charge in [-0.15, -0.1) is 11.8 Å². The number of para-hydroxylation sites is 1. The Hall–Kier alpha value is -2.85. The molecule has 1 saturated heterocycles. The number of hydrogen-bond acceptors (Lipinski definition) is 6. The van der Waals surface area contributed by atoms with Crippen LogP contribution in [-0.4, -0.2) is 55.0 Å². The van der Waals surface area contributed by atoms with Crippen LogP contribution in [0.15, 0.2) is 47.4 Å². The molecule has 0 saturated carbocycles. The molecule has 1 aliphatic heterocycles. The van der Waals surface area contributed by atoms with Crippen LogP contribution in [0.1, 0.15) is 26.3 Å². The van der Waals surface area contributed by atoms with Gasteiger partial charge in [0.05, 0.1) is 27.6 Å². The molecule has 1 fully saturated rings. The molecular weight excluding hydrogens is 426 g/mol. The first-order valence-corrected chi connectivity index (χ1v) is 12.0. The molecule has 0 aromatic heterocycles. The number of nitrogens with one attached hydrogen (secondary N) is 1. The maximum absolute atomic E-state index is 13.2. The van der Waals surface area contributed by atoms with Gasteiger partial charge in [0.2, 0.25) is 5.91 Å². The summed E-state index contributed by atoms with van der Waals surface area (Å²) >= 11 is 1.38. The zero-order valence-corrected chi connectivity index (χ0v) is 18.0. The first-order chi connectivity index (χ1) is 14.1. The van der Waals surface area contributed by atoms with Gasteiger partial charge in [0.25, 0.3) is 11.8 Å². The average Bonchev–Trinajstić information content (AvgIpc) is 3.16. The highest BCUT2D eigenvalue weighted by Crippen LogP contribution is 2.27. The number of primary amides is 1. The third-order valence-corrected chi connectivity index (χ3v) is 6.83. The van der Waals surface area contributed by atoms with Gasteiger partial charge in [0.1, 0.15) is 6.04 Å². The van der Waals surface area contributed by atoms with E-state index in [1.165, 1.54) is 34.9 Å². The first-order valence-electron chi connectivity index (χ1n) is 8.98. The van der Waals surface area contributed by atoms with Crippen LogP contribution in [0, 0.1) is 6.92 Å². The summed E-state index contributed by atoms with van der Waals surface area (Å²) in [6.45, 7) is 1.76. The Morgan fingerprint density at radius 2 is 1.83 bits per heavy atom. The number of nitrogens with zero attached hydrogens (tertiary/aromatic N) is 1. The van der Waals surface area contributed by atoms with Crippen molar-refractivity contribution in [3.05, 3.63) is 59.2 Å². The molecule has 0 aliphatic carbocycles. The van der Waals surface area contributed by atoms with Gasteiger partial charge in [-0.1, -0.05) is 23.8 Å². The maximum atomic E-state index is 13.2. The van der Waals surface area contributed by atoms with Crippen molar-refractivity contribution < 1.29 is 22.8 Å². The highest BCUT2D eigenvalue weighted by Gasteiger charge is 2.37. The monoisotopic (exact) mass is 447 g/mol. The summed E-state index contributed by atoms with van der Waals surface area (Å²) in [4.78, 5) is 39.0. The van der Waals surface area contributed by atoms with Crippen LogP contribution >= 0.6 is 11.8 Å². The maximum Gasteiger partial charge on any atom is 0.256 e. The van der Waals surface area contributed by atoms with E-state index in [1.807, 2.05) is 0 Å². The molecule has 3 rings (SSSR count). The van der Waals surface area contributed by atoms with E-state index in [4.69, 9.17) is 5.73 Å². The minimum absolute atomic E-state index is 0.0373. The van der Waals surface area contributed by atoms with E-state index in [0.29, 0.717) is 5.75 Å². The smallest absolute Gasteiger partial charge is 0.256 e. The summed E-state index contributed by atoms with van der Waals surface area (Å²) in [6.07, 6.45) is 1.04. The number of anilines is 1. The molecule has 1 unspecified atom stereocenters. The van der Waals surface area contributed by atoms with Crippen LogP contribution in [0.2, 0.25) is 0 Å². The zero-order chi connectivity index (χ0) is 22.1. The molecule has 3 amide bonds. The molecule has 1 aliphatic rings. The highest BCUT2D eigenvalue weighted by atomic mass is 32.2. The molecule has 2 aromatic carbocycles. The highest BCUT2D eigenvalue weighted by molar-refractivity contribution is 7.99. The van der Waals surface area contributed by atoms with Crippen LogP contribution in [0.4, 0.5) is 5.69 Å². The van der Waals surface area contributed by atoms with Crippen LogP contribution in [0.25, 0.3) is 0 Å². The second-order valence-corrected chi connectivity index (χ2v) is 9.95. The van der Waals surface area contributed by atoms with E-state index in [2.05, 4.69) is 5.32 Å². The van der Waals surface area contributed by atoms with Crippen LogP contribution in [-0.2, 0) is 14.6 Å². The van der Waals surface area contributed by atoms with Gasteiger partial charge in [-0.3, -0.25) is 14.4 Å². The lowest BCUT2D eigenvalue weighted by atomic mass is 10.1. The van der Waals surface area contributed by atoms with Gasteiger partial charge in [-0.2, -0.15) is 0 Å². The van der Waals surface area contributed by atoms with Crippen molar-refractivity contribution in [2.75, 3.05) is 23.2 Å². The number of nitrogens with two attached hydrogens (primary N) is 1. The van der Waals surface area contributed by atoms with Crippen molar-refractivity contribution in [2.45, 2.75) is 17.9 Å². The third-order valence-electron chi connectivity index (χ3n) is 4.66. The summed E-state index contributed by atoms with van der Waals surface area (Å²) in [5.41, 5.74) is 6.53. The molecule has 0 bridgehead atoms. The van der Waals surface area contributed by atoms with Gasteiger partial charge in [-0.05, 0) is 31.2 Å². The minimum Gasteiger partial charge on any atom is -0.366 e. The summed E-state index contributed by atoms with van der Waals surface area (Å²) in [5.74, 6) is -1.11. The molecule has 2 aromatic rings. The van der Waals surface area contributed by atoms with Gasteiger partial charge >= 0.3 is 0 Å². The normalized spacial score (nSPS) is 16.3. The standard InChI is InChI=1S/C20H21N3O5S2/c1-12-7-8-17(30(2,27)28)14(9-12)20(26)23-11-29-10-16(23)19(25)22-15-6-4-3-5-13(15)18(21)24/h3-9,16H,10-11H2,1-2H3,(H2,21,24)(H,22,25). The number of hydrogen-bond donors (Lipinski definition) is 2. The summed E-state index contributed by atoms with van der Waals surface area (Å²) in [5, 5.41) is 2.66. The fourth-order valence-corrected chi connectivity index (χ4v) is 5.19. The molecule has 1 heterocycles. The van der Waals surface area contributed by atoms with E-state index < -0.39 is 33.6 Å². The van der Waals surface area contributed by atoms with Gasteiger partial charge in [0, 0.05) is 12.0 Å². The number of amides is 3. The van der Waals surface area contributed by atoms with E-state index in [1.54, 1.807) is 31.2 Å². The molecule has 0 spiro atoms. The lowest BCUT2D eigenvalue weighted by molar-refractivity contribution is -0.119. The Balaban J connectivity index is 1.90. The predicted molar refractivity (Wildman–Crippen MR) is 115 cm³/mol. The van der Waals surface area contributed by atoms with E-state index in [-0.39, 0.29) is 27.6 Å². The van der Waals surface area contributed by atoms with Crippen LogP contribution < -0.4 is 11.1 Å².